The maximum absolute atomic E-state index is 12.9. The van der Waals surface area contributed by atoms with Crippen LogP contribution < -0.4 is 20.1 Å². The summed E-state index contributed by atoms with van der Waals surface area (Å²) in [6.07, 6.45) is 0. The molecule has 0 aliphatic rings. The van der Waals surface area contributed by atoms with E-state index in [1.165, 1.54) is 0 Å². The van der Waals surface area contributed by atoms with Crippen molar-refractivity contribution in [2.24, 2.45) is 0 Å². The van der Waals surface area contributed by atoms with Crippen molar-refractivity contribution >= 4 is 18.4 Å². The van der Waals surface area contributed by atoms with Crippen molar-refractivity contribution in [3.63, 3.8) is 0 Å². The summed E-state index contributed by atoms with van der Waals surface area (Å²) < 4.78 is 24.4. The SMILES string of the molecule is O=[P+](c1ccc(Oc2ccccc2)cc1)c1ccc(Oc2ccccc2)cc1. The zero-order valence-electron chi connectivity index (χ0n) is 15.1. The number of ether oxygens (including phenoxy) is 2. The van der Waals surface area contributed by atoms with Gasteiger partial charge in [-0.3, -0.25) is 0 Å². The molecule has 4 aromatic carbocycles. The van der Waals surface area contributed by atoms with Crippen LogP contribution in [-0.2, 0) is 4.57 Å². The van der Waals surface area contributed by atoms with Gasteiger partial charge in [-0.25, -0.2) is 0 Å². The van der Waals surface area contributed by atoms with Crippen molar-refractivity contribution in [3.8, 4) is 23.0 Å². The average Bonchev–Trinajstić information content (AvgIpc) is 2.76. The third-order valence-corrected chi connectivity index (χ3v) is 5.63. The number of hydrogen-bond acceptors (Lipinski definition) is 3. The molecule has 0 aliphatic carbocycles. The van der Waals surface area contributed by atoms with Gasteiger partial charge >= 0.3 is 7.80 Å². The van der Waals surface area contributed by atoms with Gasteiger partial charge in [0.1, 0.15) is 23.0 Å². The van der Waals surface area contributed by atoms with Crippen molar-refractivity contribution in [3.05, 3.63) is 109 Å². The van der Waals surface area contributed by atoms with Crippen molar-refractivity contribution in [1.82, 2.24) is 0 Å². The van der Waals surface area contributed by atoms with Crippen LogP contribution in [0.5, 0.6) is 23.0 Å². The minimum atomic E-state index is -1.68. The summed E-state index contributed by atoms with van der Waals surface area (Å²) in [4.78, 5) is 0. The summed E-state index contributed by atoms with van der Waals surface area (Å²) in [5.41, 5.74) is 0. The first-order valence-electron chi connectivity index (χ1n) is 8.91. The lowest BCUT2D eigenvalue weighted by Gasteiger charge is -2.05. The number of benzene rings is 4. The molecule has 0 radical (unpaired) electrons. The molecule has 0 atom stereocenters. The van der Waals surface area contributed by atoms with Crippen molar-refractivity contribution in [2.45, 2.75) is 0 Å². The number of para-hydroxylation sites is 2. The van der Waals surface area contributed by atoms with Crippen LogP contribution in [0, 0.1) is 0 Å². The Morgan fingerprint density at radius 1 is 0.429 bits per heavy atom. The van der Waals surface area contributed by atoms with E-state index in [0.717, 1.165) is 22.1 Å². The fourth-order valence-electron chi connectivity index (χ4n) is 2.70. The zero-order valence-corrected chi connectivity index (χ0v) is 16.0. The largest absolute Gasteiger partial charge is 0.457 e. The van der Waals surface area contributed by atoms with Crippen LogP contribution in [-0.4, -0.2) is 0 Å². The Balaban J connectivity index is 1.44. The van der Waals surface area contributed by atoms with E-state index in [2.05, 4.69) is 0 Å². The molecule has 0 fully saturated rings. The van der Waals surface area contributed by atoms with Crippen molar-refractivity contribution in [2.75, 3.05) is 0 Å². The molecule has 0 saturated carbocycles. The number of rotatable bonds is 6. The smallest absolute Gasteiger partial charge is 0.415 e. The molecule has 3 nitrogen and oxygen atoms in total. The van der Waals surface area contributed by atoms with Gasteiger partial charge in [-0.05, 0) is 72.8 Å². The van der Waals surface area contributed by atoms with Crippen LogP contribution in [0.2, 0.25) is 0 Å². The van der Waals surface area contributed by atoms with Gasteiger partial charge < -0.3 is 9.47 Å². The molecule has 0 aromatic heterocycles. The van der Waals surface area contributed by atoms with Crippen LogP contribution in [0.3, 0.4) is 0 Å². The molecule has 4 rings (SSSR count). The molecule has 0 bridgehead atoms. The molecule has 4 aromatic rings. The standard InChI is InChI=1S/C24H18O3P/c25-28(23-15-11-21(12-16-23)26-19-7-3-1-4-8-19)24-17-13-22(14-18-24)27-20-9-5-2-6-10-20/h1-18H/q+1. The maximum Gasteiger partial charge on any atom is 0.415 e. The zero-order chi connectivity index (χ0) is 19.2. The van der Waals surface area contributed by atoms with Crippen LogP contribution in [0.25, 0.3) is 0 Å². The lowest BCUT2D eigenvalue weighted by molar-refractivity contribution is 0.482. The first kappa shape index (κ1) is 18.0. The molecule has 0 unspecified atom stereocenters. The Bertz CT molecular complexity index is 958. The summed E-state index contributed by atoms with van der Waals surface area (Å²) in [5.74, 6) is 2.97. The van der Waals surface area contributed by atoms with Crippen LogP contribution >= 0.6 is 7.80 Å². The number of hydrogen-bond donors (Lipinski definition) is 0. The molecule has 4 heteroatoms. The Kier molecular flexibility index (Phi) is 5.46. The van der Waals surface area contributed by atoms with Gasteiger partial charge in [0, 0.05) is 0 Å². The van der Waals surface area contributed by atoms with Gasteiger partial charge in [-0.2, -0.15) is 0 Å². The minimum Gasteiger partial charge on any atom is -0.457 e. The molecular formula is C24H18O3P+. The topological polar surface area (TPSA) is 35.5 Å². The van der Waals surface area contributed by atoms with Gasteiger partial charge in [0.2, 0.25) is 0 Å². The van der Waals surface area contributed by atoms with E-state index in [-0.39, 0.29) is 0 Å². The lowest BCUT2D eigenvalue weighted by atomic mass is 10.3. The van der Waals surface area contributed by atoms with Crippen LogP contribution in [0.1, 0.15) is 0 Å². The van der Waals surface area contributed by atoms with E-state index >= 15 is 0 Å². The normalized spacial score (nSPS) is 10.3. The predicted molar refractivity (Wildman–Crippen MR) is 113 cm³/mol. The molecule has 0 spiro atoms. The molecule has 28 heavy (non-hydrogen) atoms. The van der Waals surface area contributed by atoms with Crippen LogP contribution in [0.4, 0.5) is 0 Å². The summed E-state index contributed by atoms with van der Waals surface area (Å²) in [6, 6.07) is 33.9. The van der Waals surface area contributed by atoms with E-state index < -0.39 is 7.80 Å². The second-order valence-electron chi connectivity index (χ2n) is 6.11. The summed E-state index contributed by atoms with van der Waals surface area (Å²) in [7, 11) is -1.68. The molecule has 0 N–H and O–H groups in total. The second-order valence-corrected chi connectivity index (χ2v) is 7.73. The Labute approximate surface area is 165 Å². The highest BCUT2D eigenvalue weighted by Crippen LogP contribution is 2.26. The molecule has 0 saturated heterocycles. The van der Waals surface area contributed by atoms with Crippen molar-refractivity contribution < 1.29 is 14.0 Å². The monoisotopic (exact) mass is 385 g/mol. The maximum atomic E-state index is 12.9. The fraction of sp³-hybridized carbons (Fsp3) is 0. The Hall–Kier alpha value is -3.42. The third kappa shape index (κ3) is 4.46. The molecule has 136 valence electrons. The first-order chi connectivity index (χ1) is 13.8. The lowest BCUT2D eigenvalue weighted by Crippen LogP contribution is -2.06. The highest BCUT2D eigenvalue weighted by Gasteiger charge is 2.23. The second kappa shape index (κ2) is 8.51. The quantitative estimate of drug-likeness (QED) is 0.379. The third-order valence-electron chi connectivity index (χ3n) is 4.10. The van der Waals surface area contributed by atoms with E-state index in [0.29, 0.717) is 11.5 Å². The Morgan fingerprint density at radius 2 is 0.750 bits per heavy atom. The fourth-order valence-corrected chi connectivity index (χ4v) is 3.84. The van der Waals surface area contributed by atoms with Crippen molar-refractivity contribution in [1.29, 1.82) is 0 Å². The highest BCUT2D eigenvalue weighted by molar-refractivity contribution is 7.61. The summed E-state index contributed by atoms with van der Waals surface area (Å²) in [6.45, 7) is 0. The molecule has 0 amide bonds. The van der Waals surface area contributed by atoms with Crippen LogP contribution in [0.15, 0.2) is 109 Å². The predicted octanol–water partition coefficient (Wildman–Crippen LogP) is 6.05. The van der Waals surface area contributed by atoms with Gasteiger partial charge in [0.25, 0.3) is 0 Å². The molecule has 0 aliphatic heterocycles. The molecule has 0 heterocycles. The first-order valence-corrected chi connectivity index (χ1v) is 10.2. The average molecular weight is 385 g/mol. The highest BCUT2D eigenvalue weighted by atomic mass is 31.1. The Morgan fingerprint density at radius 3 is 1.11 bits per heavy atom. The van der Waals surface area contributed by atoms with Gasteiger partial charge in [-0.1, -0.05) is 41.0 Å². The van der Waals surface area contributed by atoms with Gasteiger partial charge in [-0.15, -0.1) is 0 Å². The van der Waals surface area contributed by atoms with E-state index in [1.807, 2.05) is 109 Å². The van der Waals surface area contributed by atoms with Gasteiger partial charge in [0.15, 0.2) is 10.6 Å². The van der Waals surface area contributed by atoms with Gasteiger partial charge in [0.05, 0.1) is 0 Å². The van der Waals surface area contributed by atoms with E-state index in [9.17, 15) is 4.57 Å². The van der Waals surface area contributed by atoms with E-state index in [1.54, 1.807) is 0 Å². The summed E-state index contributed by atoms with van der Waals surface area (Å²) in [5, 5.41) is 1.51. The van der Waals surface area contributed by atoms with E-state index in [4.69, 9.17) is 9.47 Å². The summed E-state index contributed by atoms with van der Waals surface area (Å²) >= 11 is 0. The minimum absolute atomic E-state index is 0.713. The molecular weight excluding hydrogens is 367 g/mol.